The summed E-state index contributed by atoms with van der Waals surface area (Å²) < 4.78 is 21.2. The lowest BCUT2D eigenvalue weighted by atomic mass is 10.2. The van der Waals surface area contributed by atoms with Crippen molar-refractivity contribution in [2.45, 2.75) is 13.8 Å². The molecule has 0 aliphatic heterocycles. The van der Waals surface area contributed by atoms with E-state index in [1.54, 1.807) is 18.2 Å². The summed E-state index contributed by atoms with van der Waals surface area (Å²) in [5.74, 6) is -0.00672. The van der Waals surface area contributed by atoms with Crippen molar-refractivity contribution in [1.82, 2.24) is 0 Å². The van der Waals surface area contributed by atoms with Crippen LogP contribution in [0.3, 0.4) is 0 Å². The first-order valence-corrected chi connectivity index (χ1v) is 9.27. The number of ether oxygens (including phenoxy) is 4. The molecule has 0 bridgehead atoms. The molecule has 156 valence electrons. The third kappa shape index (κ3) is 5.92. The van der Waals surface area contributed by atoms with Crippen LogP contribution in [0.4, 0.5) is 11.4 Å². The predicted molar refractivity (Wildman–Crippen MR) is 110 cm³/mol. The summed E-state index contributed by atoms with van der Waals surface area (Å²) in [4.78, 5) is 24.4. The highest BCUT2D eigenvalue weighted by atomic mass is 35.5. The first kappa shape index (κ1) is 22.2. The fraction of sp³-hybridized carbons (Fsp3) is 0.300. The Morgan fingerprint density at radius 2 is 1.72 bits per heavy atom. The Morgan fingerprint density at radius 3 is 2.38 bits per heavy atom. The second-order valence-corrected chi connectivity index (χ2v) is 6.13. The minimum absolute atomic E-state index is 0.0687. The first-order valence-electron chi connectivity index (χ1n) is 8.89. The number of hydrogen-bond acceptors (Lipinski definition) is 7. The summed E-state index contributed by atoms with van der Waals surface area (Å²) in [6.07, 6.45) is 0. The van der Waals surface area contributed by atoms with Crippen LogP contribution in [0.15, 0.2) is 30.3 Å². The molecule has 0 heterocycles. The summed E-state index contributed by atoms with van der Waals surface area (Å²) in [5.41, 5.74) is 6.50. The number of methoxy groups -OCH3 is 1. The highest BCUT2D eigenvalue weighted by Gasteiger charge is 2.18. The van der Waals surface area contributed by atoms with Crippen molar-refractivity contribution in [3.63, 3.8) is 0 Å². The number of nitrogens with one attached hydrogen (secondary N) is 1. The quantitative estimate of drug-likeness (QED) is 0.470. The van der Waals surface area contributed by atoms with Crippen molar-refractivity contribution in [1.29, 1.82) is 0 Å². The van der Waals surface area contributed by atoms with Gasteiger partial charge in [-0.25, -0.2) is 4.79 Å². The van der Waals surface area contributed by atoms with Gasteiger partial charge in [0.15, 0.2) is 18.1 Å². The van der Waals surface area contributed by atoms with Crippen molar-refractivity contribution < 1.29 is 28.5 Å². The number of benzene rings is 2. The van der Waals surface area contributed by atoms with E-state index in [1.807, 2.05) is 13.8 Å². The molecule has 0 fully saturated rings. The number of nitrogens with two attached hydrogens (primary N) is 1. The molecule has 0 aliphatic rings. The second kappa shape index (κ2) is 10.4. The molecular weight excluding hydrogens is 400 g/mol. The molecule has 2 aromatic carbocycles. The molecule has 0 radical (unpaired) electrons. The smallest absolute Gasteiger partial charge is 0.342 e. The van der Waals surface area contributed by atoms with E-state index in [0.717, 1.165) is 0 Å². The van der Waals surface area contributed by atoms with E-state index >= 15 is 0 Å². The van der Waals surface area contributed by atoms with Crippen molar-refractivity contribution in [3.8, 4) is 17.2 Å². The highest BCUT2D eigenvalue weighted by Crippen LogP contribution is 2.31. The molecule has 2 aromatic rings. The number of halogens is 1. The van der Waals surface area contributed by atoms with Gasteiger partial charge in [-0.2, -0.15) is 0 Å². The highest BCUT2D eigenvalue weighted by molar-refractivity contribution is 6.33. The van der Waals surface area contributed by atoms with Crippen molar-refractivity contribution >= 4 is 34.9 Å². The molecule has 0 saturated carbocycles. The summed E-state index contributed by atoms with van der Waals surface area (Å²) in [6, 6.07) is 7.73. The lowest BCUT2D eigenvalue weighted by Gasteiger charge is -2.13. The minimum Gasteiger partial charge on any atom is -0.496 e. The summed E-state index contributed by atoms with van der Waals surface area (Å²) in [7, 11) is 1.38. The van der Waals surface area contributed by atoms with E-state index < -0.39 is 18.5 Å². The number of carbonyl (C=O) groups excluding carboxylic acids is 2. The van der Waals surface area contributed by atoms with Crippen LogP contribution in [0.1, 0.15) is 24.2 Å². The third-order valence-corrected chi connectivity index (χ3v) is 4.03. The number of esters is 1. The molecule has 0 atom stereocenters. The van der Waals surface area contributed by atoms with Crippen LogP contribution in [0.25, 0.3) is 0 Å². The number of nitrogen functional groups attached to an aromatic ring is 1. The molecule has 29 heavy (non-hydrogen) atoms. The molecule has 0 aliphatic carbocycles. The van der Waals surface area contributed by atoms with Gasteiger partial charge in [0.2, 0.25) is 0 Å². The van der Waals surface area contributed by atoms with Gasteiger partial charge in [0, 0.05) is 17.8 Å². The Bertz CT molecular complexity index is 888. The van der Waals surface area contributed by atoms with E-state index in [-0.39, 0.29) is 22.0 Å². The molecule has 3 N–H and O–H groups in total. The Morgan fingerprint density at radius 1 is 1.03 bits per heavy atom. The lowest BCUT2D eigenvalue weighted by Crippen LogP contribution is -2.21. The van der Waals surface area contributed by atoms with Gasteiger partial charge in [0.1, 0.15) is 11.3 Å². The van der Waals surface area contributed by atoms with Gasteiger partial charge in [0.05, 0.1) is 31.0 Å². The molecular formula is C20H23ClN2O6. The normalized spacial score (nSPS) is 10.2. The van der Waals surface area contributed by atoms with Gasteiger partial charge in [-0.1, -0.05) is 11.6 Å². The Balaban J connectivity index is 2.02. The summed E-state index contributed by atoms with van der Waals surface area (Å²) >= 11 is 5.94. The van der Waals surface area contributed by atoms with Crippen LogP contribution >= 0.6 is 11.6 Å². The Hall–Kier alpha value is -3.13. The number of hydrogen-bond donors (Lipinski definition) is 2. The van der Waals surface area contributed by atoms with E-state index in [2.05, 4.69) is 5.32 Å². The SMILES string of the molecule is CCOc1ccc(NC(=O)COC(=O)c2cc(Cl)c(N)cc2OC)cc1OCC. The van der Waals surface area contributed by atoms with Crippen LogP contribution in [-0.2, 0) is 9.53 Å². The fourth-order valence-corrected chi connectivity index (χ4v) is 2.60. The average Bonchev–Trinajstić information content (AvgIpc) is 2.70. The first-order chi connectivity index (χ1) is 13.9. The number of rotatable bonds is 9. The van der Waals surface area contributed by atoms with Gasteiger partial charge in [0.25, 0.3) is 5.91 Å². The maximum Gasteiger partial charge on any atom is 0.342 e. The molecule has 0 spiro atoms. The van der Waals surface area contributed by atoms with Crippen molar-refractivity contribution in [3.05, 3.63) is 40.9 Å². The molecule has 0 aromatic heterocycles. The number of anilines is 2. The minimum atomic E-state index is -0.763. The molecule has 9 heteroatoms. The van der Waals surface area contributed by atoms with E-state index in [4.69, 9.17) is 36.3 Å². The number of carbonyl (C=O) groups is 2. The van der Waals surface area contributed by atoms with Crippen LogP contribution in [0.2, 0.25) is 5.02 Å². The molecule has 2 rings (SSSR count). The fourth-order valence-electron chi connectivity index (χ4n) is 2.43. The van der Waals surface area contributed by atoms with Crippen LogP contribution < -0.4 is 25.3 Å². The topological polar surface area (TPSA) is 109 Å². The van der Waals surface area contributed by atoms with Crippen molar-refractivity contribution in [2.24, 2.45) is 0 Å². The summed E-state index contributed by atoms with van der Waals surface area (Å²) in [6.45, 7) is 4.14. The zero-order chi connectivity index (χ0) is 21.4. The maximum absolute atomic E-state index is 12.3. The molecule has 1 amide bonds. The predicted octanol–water partition coefficient (Wildman–Crippen LogP) is 3.52. The monoisotopic (exact) mass is 422 g/mol. The zero-order valence-electron chi connectivity index (χ0n) is 16.4. The van der Waals surface area contributed by atoms with E-state index in [0.29, 0.717) is 30.4 Å². The number of amides is 1. The Kier molecular flexibility index (Phi) is 7.97. The van der Waals surface area contributed by atoms with Gasteiger partial charge >= 0.3 is 5.97 Å². The maximum atomic E-state index is 12.3. The van der Waals surface area contributed by atoms with Crippen molar-refractivity contribution in [2.75, 3.05) is 38.0 Å². The van der Waals surface area contributed by atoms with Crippen LogP contribution in [0, 0.1) is 0 Å². The van der Waals surface area contributed by atoms with Gasteiger partial charge in [-0.15, -0.1) is 0 Å². The lowest BCUT2D eigenvalue weighted by molar-refractivity contribution is -0.119. The molecule has 8 nitrogen and oxygen atoms in total. The van der Waals surface area contributed by atoms with E-state index in [9.17, 15) is 9.59 Å². The second-order valence-electron chi connectivity index (χ2n) is 5.73. The van der Waals surface area contributed by atoms with Gasteiger partial charge < -0.3 is 30.0 Å². The summed E-state index contributed by atoms with van der Waals surface area (Å²) in [5, 5.41) is 2.82. The van der Waals surface area contributed by atoms with Crippen LogP contribution in [0.5, 0.6) is 17.2 Å². The van der Waals surface area contributed by atoms with Crippen LogP contribution in [-0.4, -0.2) is 38.8 Å². The van der Waals surface area contributed by atoms with Gasteiger partial charge in [-0.3, -0.25) is 4.79 Å². The Labute approximate surface area is 173 Å². The standard InChI is InChI=1S/C20H23ClN2O6/c1-4-27-16-7-6-12(8-18(16)28-5-2)23-19(24)11-29-20(25)13-9-14(21)15(22)10-17(13)26-3/h6-10H,4-5,11,22H2,1-3H3,(H,23,24). The zero-order valence-corrected chi connectivity index (χ0v) is 17.2. The molecule has 0 unspecified atom stereocenters. The van der Waals surface area contributed by atoms with Gasteiger partial charge in [-0.05, 0) is 32.0 Å². The van der Waals surface area contributed by atoms with E-state index in [1.165, 1.54) is 19.2 Å². The largest absolute Gasteiger partial charge is 0.496 e. The third-order valence-electron chi connectivity index (χ3n) is 3.70. The molecule has 0 saturated heterocycles. The average molecular weight is 423 g/mol.